The Labute approximate surface area is 107 Å². The average molecular weight is 275 g/mol. The van der Waals surface area contributed by atoms with Crippen LogP contribution in [0.2, 0.25) is 10.0 Å². The fourth-order valence-corrected chi connectivity index (χ4v) is 1.20. The molecule has 0 saturated carbocycles. The highest BCUT2D eigenvalue weighted by Gasteiger charge is 1.98. The van der Waals surface area contributed by atoms with Crippen molar-refractivity contribution in [3.05, 3.63) is 28.2 Å². The number of nitrogens with zero attached hydrogens (tertiary/aromatic N) is 3. The van der Waals surface area contributed by atoms with Gasteiger partial charge in [-0.1, -0.05) is 33.5 Å². The van der Waals surface area contributed by atoms with Crippen molar-refractivity contribution in [2.75, 3.05) is 5.43 Å². The molecule has 0 aliphatic carbocycles. The molecule has 0 radical (unpaired) electrons. The standard InChI is InChI=1S/C9H8Cl2N4O2/c10-8-2-1-6(3-9(8)11)14-15-7(4-12-16)5-13-17/h1-5,14,16-17H/b12-4+,13-5+. The molecule has 0 amide bonds. The van der Waals surface area contributed by atoms with Crippen molar-refractivity contribution >= 4 is 47.0 Å². The Morgan fingerprint density at radius 1 is 1.12 bits per heavy atom. The van der Waals surface area contributed by atoms with Gasteiger partial charge in [0.2, 0.25) is 0 Å². The molecule has 0 aliphatic heterocycles. The molecule has 0 saturated heterocycles. The molecule has 0 spiro atoms. The Bertz CT molecular complexity index is 460. The number of halogens is 2. The number of hydrazone groups is 1. The second-order valence-electron chi connectivity index (χ2n) is 2.77. The molecule has 1 rings (SSSR count). The maximum Gasteiger partial charge on any atom is 0.126 e. The molecule has 0 heterocycles. The van der Waals surface area contributed by atoms with Crippen LogP contribution in [0.25, 0.3) is 0 Å². The van der Waals surface area contributed by atoms with Crippen LogP contribution >= 0.6 is 23.2 Å². The zero-order valence-electron chi connectivity index (χ0n) is 8.38. The van der Waals surface area contributed by atoms with Crippen LogP contribution in [-0.2, 0) is 0 Å². The number of rotatable bonds is 4. The van der Waals surface area contributed by atoms with E-state index in [-0.39, 0.29) is 5.71 Å². The summed E-state index contributed by atoms with van der Waals surface area (Å²) in [7, 11) is 0. The molecule has 6 nitrogen and oxygen atoms in total. The maximum absolute atomic E-state index is 8.32. The van der Waals surface area contributed by atoms with Crippen LogP contribution in [-0.4, -0.2) is 28.6 Å². The summed E-state index contributed by atoms with van der Waals surface area (Å²) < 4.78 is 0. The molecule has 0 atom stereocenters. The number of benzene rings is 1. The molecule has 90 valence electrons. The SMILES string of the molecule is O/N=C/C(/C=N/O)=NNc1ccc(Cl)c(Cl)c1. The molecule has 1 aromatic carbocycles. The van der Waals surface area contributed by atoms with E-state index in [4.69, 9.17) is 33.6 Å². The van der Waals surface area contributed by atoms with E-state index in [1.54, 1.807) is 18.2 Å². The molecule has 0 aromatic heterocycles. The monoisotopic (exact) mass is 274 g/mol. The van der Waals surface area contributed by atoms with Crippen molar-refractivity contribution in [2.24, 2.45) is 15.4 Å². The van der Waals surface area contributed by atoms with Crippen LogP contribution in [0.15, 0.2) is 33.6 Å². The Kier molecular flexibility index (Phi) is 5.25. The van der Waals surface area contributed by atoms with Gasteiger partial charge in [-0.05, 0) is 18.2 Å². The van der Waals surface area contributed by atoms with Crippen LogP contribution in [0.5, 0.6) is 0 Å². The van der Waals surface area contributed by atoms with Gasteiger partial charge in [-0.25, -0.2) is 0 Å². The largest absolute Gasteiger partial charge is 0.411 e. The molecule has 17 heavy (non-hydrogen) atoms. The predicted molar refractivity (Wildman–Crippen MR) is 68.1 cm³/mol. The first-order chi connectivity index (χ1) is 8.17. The zero-order chi connectivity index (χ0) is 12.7. The summed E-state index contributed by atoms with van der Waals surface area (Å²) in [4.78, 5) is 0. The highest BCUT2D eigenvalue weighted by Crippen LogP contribution is 2.24. The van der Waals surface area contributed by atoms with E-state index >= 15 is 0 Å². The first-order valence-electron chi connectivity index (χ1n) is 4.31. The Balaban J connectivity index is 2.82. The van der Waals surface area contributed by atoms with Gasteiger partial charge < -0.3 is 10.4 Å². The van der Waals surface area contributed by atoms with Gasteiger partial charge >= 0.3 is 0 Å². The van der Waals surface area contributed by atoms with Crippen LogP contribution in [0.1, 0.15) is 0 Å². The average Bonchev–Trinajstić information content (AvgIpc) is 2.31. The molecule has 0 unspecified atom stereocenters. The van der Waals surface area contributed by atoms with Crippen LogP contribution < -0.4 is 5.43 Å². The van der Waals surface area contributed by atoms with Gasteiger partial charge in [0.1, 0.15) is 5.71 Å². The smallest absolute Gasteiger partial charge is 0.126 e. The zero-order valence-corrected chi connectivity index (χ0v) is 9.89. The lowest BCUT2D eigenvalue weighted by Crippen LogP contribution is -2.05. The van der Waals surface area contributed by atoms with Crippen molar-refractivity contribution in [3.8, 4) is 0 Å². The summed E-state index contributed by atoms with van der Waals surface area (Å²) in [6, 6.07) is 4.82. The summed E-state index contributed by atoms with van der Waals surface area (Å²) in [6.07, 6.45) is 1.98. The Morgan fingerprint density at radius 3 is 2.29 bits per heavy atom. The van der Waals surface area contributed by atoms with Crippen molar-refractivity contribution in [1.82, 2.24) is 0 Å². The summed E-state index contributed by atoms with van der Waals surface area (Å²) in [5.74, 6) is 0. The molecule has 0 aliphatic rings. The number of anilines is 1. The normalized spacial score (nSPS) is 10.9. The van der Waals surface area contributed by atoms with Gasteiger partial charge in [0, 0.05) is 0 Å². The lowest BCUT2D eigenvalue weighted by molar-refractivity contribution is 0.321. The number of nitrogens with one attached hydrogen (secondary N) is 1. The minimum absolute atomic E-state index is 0.112. The molecule has 0 fully saturated rings. The third-order valence-corrected chi connectivity index (χ3v) is 2.35. The van der Waals surface area contributed by atoms with Gasteiger partial charge in [-0.2, -0.15) is 5.10 Å². The molecular formula is C9H8Cl2N4O2. The third kappa shape index (κ3) is 4.29. The number of oxime groups is 2. The van der Waals surface area contributed by atoms with E-state index < -0.39 is 0 Å². The number of hydrogen-bond donors (Lipinski definition) is 3. The number of hydrogen-bond acceptors (Lipinski definition) is 6. The summed E-state index contributed by atoms with van der Waals surface area (Å²) in [5, 5.41) is 26.7. The summed E-state index contributed by atoms with van der Waals surface area (Å²) in [5.41, 5.74) is 3.31. The third-order valence-electron chi connectivity index (χ3n) is 1.61. The van der Waals surface area contributed by atoms with Gasteiger partial charge in [0.15, 0.2) is 0 Å². The van der Waals surface area contributed by atoms with Crippen molar-refractivity contribution in [1.29, 1.82) is 0 Å². The quantitative estimate of drug-likeness (QED) is 0.448. The molecule has 0 bridgehead atoms. The minimum atomic E-state index is 0.112. The Hall–Kier alpha value is -1.79. The van der Waals surface area contributed by atoms with Gasteiger partial charge in [-0.15, -0.1) is 0 Å². The predicted octanol–water partition coefficient (Wildman–Crippen LogP) is 2.68. The molecule has 8 heteroatoms. The van der Waals surface area contributed by atoms with Crippen molar-refractivity contribution in [2.45, 2.75) is 0 Å². The second-order valence-corrected chi connectivity index (χ2v) is 3.58. The topological polar surface area (TPSA) is 89.6 Å². The first-order valence-corrected chi connectivity index (χ1v) is 5.06. The van der Waals surface area contributed by atoms with E-state index in [0.29, 0.717) is 15.7 Å². The molecule has 1 aromatic rings. The van der Waals surface area contributed by atoms with E-state index in [0.717, 1.165) is 12.4 Å². The highest BCUT2D eigenvalue weighted by molar-refractivity contribution is 6.55. The lowest BCUT2D eigenvalue weighted by atomic mass is 10.3. The van der Waals surface area contributed by atoms with Crippen LogP contribution in [0, 0.1) is 0 Å². The second kappa shape index (κ2) is 6.72. The van der Waals surface area contributed by atoms with E-state index in [9.17, 15) is 0 Å². The van der Waals surface area contributed by atoms with E-state index in [1.165, 1.54) is 0 Å². The Morgan fingerprint density at radius 2 is 1.76 bits per heavy atom. The van der Waals surface area contributed by atoms with Crippen LogP contribution in [0.4, 0.5) is 5.69 Å². The van der Waals surface area contributed by atoms with Crippen LogP contribution in [0.3, 0.4) is 0 Å². The van der Waals surface area contributed by atoms with Gasteiger partial charge in [-0.3, -0.25) is 5.43 Å². The molecule has 3 N–H and O–H groups in total. The van der Waals surface area contributed by atoms with E-state index in [1.807, 2.05) is 0 Å². The van der Waals surface area contributed by atoms with Gasteiger partial charge in [0.05, 0.1) is 28.2 Å². The van der Waals surface area contributed by atoms with Crippen molar-refractivity contribution < 1.29 is 10.4 Å². The highest BCUT2D eigenvalue weighted by atomic mass is 35.5. The fraction of sp³-hybridized carbons (Fsp3) is 0. The van der Waals surface area contributed by atoms with Crippen molar-refractivity contribution in [3.63, 3.8) is 0 Å². The van der Waals surface area contributed by atoms with E-state index in [2.05, 4.69) is 20.8 Å². The minimum Gasteiger partial charge on any atom is -0.411 e. The molecular weight excluding hydrogens is 267 g/mol. The van der Waals surface area contributed by atoms with Gasteiger partial charge in [0.25, 0.3) is 0 Å². The summed E-state index contributed by atoms with van der Waals surface area (Å²) in [6.45, 7) is 0. The fourth-order valence-electron chi connectivity index (χ4n) is 0.904. The first kappa shape index (κ1) is 13.3. The summed E-state index contributed by atoms with van der Waals surface area (Å²) >= 11 is 11.5. The lowest BCUT2D eigenvalue weighted by Gasteiger charge is -2.02. The maximum atomic E-state index is 8.32.